The largest absolute Gasteiger partial charge is 0.370 e. The fourth-order valence-electron chi connectivity index (χ4n) is 6.34. The molecule has 0 unspecified atom stereocenters. The molecule has 0 amide bonds. The molecule has 3 aliphatic heterocycles. The number of nitro benzene ring substituents is 1. The molecule has 3 heterocycles. The number of anilines is 2. The van der Waals surface area contributed by atoms with Gasteiger partial charge in [0.2, 0.25) is 10.0 Å². The van der Waals surface area contributed by atoms with E-state index in [1.807, 2.05) is 18.2 Å². The van der Waals surface area contributed by atoms with Crippen molar-refractivity contribution in [1.82, 2.24) is 4.31 Å². The van der Waals surface area contributed by atoms with Crippen LogP contribution in [0.4, 0.5) is 22.7 Å². The zero-order valence-corrected chi connectivity index (χ0v) is 24.3. The number of hydrogen-bond donors (Lipinski definition) is 0. The molecule has 40 heavy (non-hydrogen) atoms. The van der Waals surface area contributed by atoms with Gasteiger partial charge in [0.25, 0.3) is 5.69 Å². The summed E-state index contributed by atoms with van der Waals surface area (Å²) >= 11 is 0. The molecule has 0 bridgehead atoms. The van der Waals surface area contributed by atoms with Gasteiger partial charge in [0.05, 0.1) is 16.3 Å². The van der Waals surface area contributed by atoms with E-state index in [1.54, 1.807) is 28.7 Å². The monoisotopic (exact) mass is 567 g/mol. The third kappa shape index (κ3) is 6.17. The van der Waals surface area contributed by atoms with Crippen LogP contribution in [-0.4, -0.2) is 62.6 Å². The molecule has 10 heteroatoms. The minimum Gasteiger partial charge on any atom is -0.370 e. The summed E-state index contributed by atoms with van der Waals surface area (Å²) in [7, 11) is -3.68. The van der Waals surface area contributed by atoms with Crippen LogP contribution >= 0.6 is 0 Å². The van der Waals surface area contributed by atoms with E-state index in [1.165, 1.54) is 6.42 Å². The minimum atomic E-state index is -3.68. The molecule has 3 fully saturated rings. The molecule has 2 aromatic carbocycles. The van der Waals surface area contributed by atoms with Crippen LogP contribution in [0.15, 0.2) is 46.3 Å². The molecule has 0 aromatic heterocycles. The summed E-state index contributed by atoms with van der Waals surface area (Å²) in [5, 5.41) is 11.6. The highest BCUT2D eigenvalue weighted by Crippen LogP contribution is 2.35. The van der Waals surface area contributed by atoms with Crippen molar-refractivity contribution in [3.05, 3.63) is 52.1 Å². The van der Waals surface area contributed by atoms with Gasteiger partial charge in [-0.15, -0.1) is 0 Å². The van der Waals surface area contributed by atoms with Gasteiger partial charge in [-0.3, -0.25) is 15.1 Å². The maximum absolute atomic E-state index is 13.9. The van der Waals surface area contributed by atoms with Crippen LogP contribution in [0.2, 0.25) is 0 Å². The molecule has 216 valence electrons. The normalized spacial score (nSPS) is 21.2. The van der Waals surface area contributed by atoms with E-state index in [4.69, 9.17) is 4.99 Å². The van der Waals surface area contributed by atoms with E-state index in [0.717, 1.165) is 88.8 Å². The van der Waals surface area contributed by atoms with E-state index in [9.17, 15) is 18.5 Å². The molecular weight excluding hydrogens is 526 g/mol. The fraction of sp³-hybridized carbons (Fsp3) is 0.567. The van der Waals surface area contributed by atoms with Crippen molar-refractivity contribution in [3.8, 4) is 0 Å². The number of sulfonamides is 1. The lowest BCUT2D eigenvalue weighted by atomic mass is 9.98. The quantitative estimate of drug-likeness (QED) is 0.212. The van der Waals surface area contributed by atoms with Gasteiger partial charge in [-0.2, -0.15) is 4.31 Å². The molecule has 2 aromatic rings. The minimum absolute atomic E-state index is 0.0177. The Morgan fingerprint density at radius 2 is 1.57 bits per heavy atom. The van der Waals surface area contributed by atoms with Crippen molar-refractivity contribution in [2.75, 3.05) is 42.5 Å². The first-order valence-corrected chi connectivity index (χ1v) is 16.3. The first kappa shape index (κ1) is 28.5. The van der Waals surface area contributed by atoms with Crippen molar-refractivity contribution < 1.29 is 13.3 Å². The summed E-state index contributed by atoms with van der Waals surface area (Å²) in [6.07, 6.45) is 12.1. The van der Waals surface area contributed by atoms with Gasteiger partial charge in [0.1, 0.15) is 4.90 Å². The van der Waals surface area contributed by atoms with Gasteiger partial charge in [0.15, 0.2) is 0 Å². The first-order valence-electron chi connectivity index (χ1n) is 14.9. The van der Waals surface area contributed by atoms with Crippen LogP contribution in [0.1, 0.15) is 76.7 Å². The Hall–Kier alpha value is -2.98. The van der Waals surface area contributed by atoms with E-state index in [0.29, 0.717) is 35.3 Å². The first-order chi connectivity index (χ1) is 19.4. The number of nitro groups is 1. The Labute approximate surface area is 238 Å². The summed E-state index contributed by atoms with van der Waals surface area (Å²) in [6.45, 7) is 5.85. The van der Waals surface area contributed by atoms with Crippen LogP contribution in [-0.2, 0) is 10.0 Å². The lowest BCUT2D eigenvalue weighted by molar-refractivity contribution is -0.384. The van der Waals surface area contributed by atoms with Crippen LogP contribution in [0, 0.1) is 10.1 Å². The predicted octanol–water partition coefficient (Wildman–Crippen LogP) is 6.28. The molecule has 0 radical (unpaired) electrons. The summed E-state index contributed by atoms with van der Waals surface area (Å²) in [5.74, 6) is 0. The zero-order chi connectivity index (χ0) is 28.1. The van der Waals surface area contributed by atoms with Gasteiger partial charge in [-0.25, -0.2) is 8.42 Å². The molecule has 0 aliphatic carbocycles. The summed E-state index contributed by atoms with van der Waals surface area (Å²) in [5.41, 5.74) is 2.91. The maximum Gasteiger partial charge on any atom is 0.270 e. The van der Waals surface area contributed by atoms with E-state index < -0.39 is 10.0 Å². The second-order valence-electron chi connectivity index (χ2n) is 11.2. The summed E-state index contributed by atoms with van der Waals surface area (Å²) in [6, 6.07) is 10.8. The zero-order valence-electron chi connectivity index (χ0n) is 23.5. The highest BCUT2D eigenvalue weighted by atomic mass is 32.2. The van der Waals surface area contributed by atoms with Crippen LogP contribution in [0.3, 0.4) is 0 Å². The molecule has 5 rings (SSSR count). The number of aliphatic imine (C=N–C) groups is 1. The average Bonchev–Trinajstić information content (AvgIpc) is 3.00. The SMILES string of the molecule is CC[C@H]1CCCCN1c1ccc([N+](=O)[O-])cc1C=Nc1ccc(N2CCCCC2)c(S(=O)(=O)N2CCCCC2)c1. The Morgan fingerprint density at radius 3 is 2.27 bits per heavy atom. The van der Waals surface area contributed by atoms with E-state index in [-0.39, 0.29) is 10.6 Å². The lowest BCUT2D eigenvalue weighted by Crippen LogP contribution is -2.39. The van der Waals surface area contributed by atoms with Gasteiger partial charge >= 0.3 is 0 Å². The molecule has 3 aliphatic rings. The molecule has 3 saturated heterocycles. The molecule has 9 nitrogen and oxygen atoms in total. The molecular formula is C30H41N5O4S. The Morgan fingerprint density at radius 1 is 0.900 bits per heavy atom. The van der Waals surface area contributed by atoms with Crippen molar-refractivity contribution in [2.24, 2.45) is 4.99 Å². The third-order valence-electron chi connectivity index (χ3n) is 8.56. The highest BCUT2D eigenvalue weighted by Gasteiger charge is 2.31. The summed E-state index contributed by atoms with van der Waals surface area (Å²) in [4.78, 5) is 20.8. The third-order valence-corrected chi connectivity index (χ3v) is 10.5. The number of piperidine rings is 3. The summed E-state index contributed by atoms with van der Waals surface area (Å²) < 4.78 is 29.4. The second-order valence-corrected chi connectivity index (χ2v) is 13.1. The van der Waals surface area contributed by atoms with Crippen LogP contribution in [0.5, 0.6) is 0 Å². The fourth-order valence-corrected chi connectivity index (χ4v) is 8.09. The number of non-ortho nitro benzene ring substituents is 1. The maximum atomic E-state index is 13.9. The van der Waals surface area contributed by atoms with E-state index in [2.05, 4.69) is 16.7 Å². The Kier molecular flexibility index (Phi) is 9.05. The van der Waals surface area contributed by atoms with Crippen LogP contribution < -0.4 is 9.80 Å². The van der Waals surface area contributed by atoms with Gasteiger partial charge in [0, 0.05) is 68.4 Å². The predicted molar refractivity (Wildman–Crippen MR) is 161 cm³/mol. The second kappa shape index (κ2) is 12.7. The van der Waals surface area contributed by atoms with Gasteiger partial charge < -0.3 is 9.80 Å². The number of benzene rings is 2. The van der Waals surface area contributed by atoms with Gasteiger partial charge in [-0.1, -0.05) is 13.3 Å². The molecule has 0 saturated carbocycles. The number of hydrogen-bond acceptors (Lipinski definition) is 7. The van der Waals surface area contributed by atoms with Crippen molar-refractivity contribution in [1.29, 1.82) is 0 Å². The standard InChI is InChI=1S/C30H41N5O4S/c1-2-26-11-5-10-20-34(26)28-15-13-27(35(36)37)21-24(28)23-31-25-12-14-29(32-16-6-3-7-17-32)30(22-25)40(38,39)33-18-8-4-9-19-33/h12-15,21-23,26H,2-11,16-20H2,1H3/t26-/m0/s1. The average molecular weight is 568 g/mol. The molecule has 1 atom stereocenters. The van der Waals surface area contributed by atoms with Crippen LogP contribution in [0.25, 0.3) is 0 Å². The van der Waals surface area contributed by atoms with E-state index >= 15 is 0 Å². The number of rotatable bonds is 8. The lowest BCUT2D eigenvalue weighted by Gasteiger charge is -2.38. The topological polar surface area (TPSA) is 99.4 Å². The van der Waals surface area contributed by atoms with Crippen molar-refractivity contribution in [3.63, 3.8) is 0 Å². The molecule has 0 spiro atoms. The van der Waals surface area contributed by atoms with Crippen molar-refractivity contribution in [2.45, 2.75) is 82.1 Å². The smallest absolute Gasteiger partial charge is 0.270 e. The van der Waals surface area contributed by atoms with Crippen molar-refractivity contribution >= 4 is 39.0 Å². The Balaban J connectivity index is 1.53. The molecule has 0 N–H and O–H groups in total. The van der Waals surface area contributed by atoms with Gasteiger partial charge in [-0.05, 0) is 82.1 Å². The number of nitrogens with zero attached hydrogens (tertiary/aromatic N) is 5. The Bertz CT molecular complexity index is 1330. The highest BCUT2D eigenvalue weighted by molar-refractivity contribution is 7.89.